The van der Waals surface area contributed by atoms with Crippen molar-refractivity contribution in [2.24, 2.45) is 5.92 Å². The number of anilines is 1. The van der Waals surface area contributed by atoms with Crippen molar-refractivity contribution >= 4 is 34.1 Å². The normalized spacial score (nSPS) is 10.7. The number of amides is 1. The van der Waals surface area contributed by atoms with Crippen LogP contribution in [-0.4, -0.2) is 48.2 Å². The Hall–Kier alpha value is -2.00. The smallest absolute Gasteiger partial charge is 0.230 e. The molecule has 2 aromatic rings. The highest BCUT2D eigenvalue weighted by atomic mass is 32.2. The molecular formula is C18H26N4O3S2. The van der Waals surface area contributed by atoms with Crippen LogP contribution >= 0.6 is 23.1 Å². The van der Waals surface area contributed by atoms with Gasteiger partial charge in [0.25, 0.3) is 0 Å². The number of carbonyl (C=O) groups is 1. The van der Waals surface area contributed by atoms with Crippen molar-refractivity contribution in [3.05, 3.63) is 24.3 Å². The van der Waals surface area contributed by atoms with Crippen LogP contribution in [0, 0.1) is 5.92 Å². The largest absolute Gasteiger partial charge is 0.494 e. The minimum Gasteiger partial charge on any atom is -0.494 e. The van der Waals surface area contributed by atoms with E-state index in [0.717, 1.165) is 27.5 Å². The van der Waals surface area contributed by atoms with Crippen LogP contribution in [-0.2, 0) is 4.79 Å². The zero-order valence-corrected chi connectivity index (χ0v) is 17.5. The van der Waals surface area contributed by atoms with E-state index in [0.29, 0.717) is 31.4 Å². The Bertz CT molecular complexity index is 692. The standard InChI is InChI=1S/C18H26N4O3S2/c1-4-24-14-5-7-15(8-6-14)25-10-9-19-16(23)12-26-18-22-21-17(27-18)20-11-13(2)3/h5-8,13H,4,9-12H2,1-3H3,(H,19,23)(H,20,21). The fourth-order valence-electron chi connectivity index (χ4n) is 1.97. The Labute approximate surface area is 168 Å². The van der Waals surface area contributed by atoms with Crippen molar-refractivity contribution in [2.45, 2.75) is 25.1 Å². The number of carbonyl (C=O) groups excluding carboxylic acids is 1. The Kier molecular flexibility index (Phi) is 9.20. The molecular weight excluding hydrogens is 384 g/mol. The molecule has 0 aliphatic rings. The maximum Gasteiger partial charge on any atom is 0.230 e. The van der Waals surface area contributed by atoms with Gasteiger partial charge in [0.1, 0.15) is 18.1 Å². The lowest BCUT2D eigenvalue weighted by atomic mass is 10.2. The lowest BCUT2D eigenvalue weighted by Crippen LogP contribution is -2.29. The van der Waals surface area contributed by atoms with Crippen LogP contribution < -0.4 is 20.1 Å². The van der Waals surface area contributed by atoms with Crippen LogP contribution in [0.15, 0.2) is 28.6 Å². The van der Waals surface area contributed by atoms with Gasteiger partial charge in [-0.2, -0.15) is 0 Å². The minimum atomic E-state index is -0.0535. The van der Waals surface area contributed by atoms with Gasteiger partial charge in [-0.1, -0.05) is 36.9 Å². The van der Waals surface area contributed by atoms with Crippen LogP contribution in [0.2, 0.25) is 0 Å². The molecule has 27 heavy (non-hydrogen) atoms. The van der Waals surface area contributed by atoms with E-state index in [1.807, 2.05) is 31.2 Å². The molecule has 0 spiro atoms. The summed E-state index contributed by atoms with van der Waals surface area (Å²) in [6, 6.07) is 7.42. The first-order chi connectivity index (χ1) is 13.1. The first-order valence-electron chi connectivity index (χ1n) is 8.89. The molecule has 0 atom stereocenters. The monoisotopic (exact) mass is 410 g/mol. The zero-order valence-electron chi connectivity index (χ0n) is 15.9. The summed E-state index contributed by atoms with van der Waals surface area (Å²) in [7, 11) is 0. The maximum absolute atomic E-state index is 11.9. The number of rotatable bonds is 12. The first-order valence-corrected chi connectivity index (χ1v) is 10.7. The SMILES string of the molecule is CCOc1ccc(OCCNC(=O)CSc2nnc(NCC(C)C)s2)cc1. The Morgan fingerprint density at radius 2 is 1.89 bits per heavy atom. The predicted molar refractivity (Wildman–Crippen MR) is 110 cm³/mol. The fraction of sp³-hybridized carbons (Fsp3) is 0.500. The third-order valence-corrected chi connectivity index (χ3v) is 5.24. The van der Waals surface area contributed by atoms with Gasteiger partial charge in [-0.05, 0) is 37.1 Å². The maximum atomic E-state index is 11.9. The lowest BCUT2D eigenvalue weighted by molar-refractivity contribution is -0.118. The van der Waals surface area contributed by atoms with Gasteiger partial charge in [0.15, 0.2) is 4.34 Å². The number of thioether (sulfide) groups is 1. The number of nitrogens with zero attached hydrogens (tertiary/aromatic N) is 2. The third-order valence-electron chi connectivity index (χ3n) is 3.22. The molecule has 0 unspecified atom stereocenters. The van der Waals surface area contributed by atoms with Crippen molar-refractivity contribution in [1.29, 1.82) is 0 Å². The summed E-state index contributed by atoms with van der Waals surface area (Å²) in [6.45, 7) is 8.56. The van der Waals surface area contributed by atoms with Gasteiger partial charge in [0.05, 0.1) is 18.9 Å². The summed E-state index contributed by atoms with van der Waals surface area (Å²) < 4.78 is 11.8. The van der Waals surface area contributed by atoms with Crippen molar-refractivity contribution in [3.63, 3.8) is 0 Å². The van der Waals surface area contributed by atoms with E-state index in [1.165, 1.54) is 23.1 Å². The van der Waals surface area contributed by atoms with E-state index in [2.05, 4.69) is 34.7 Å². The van der Waals surface area contributed by atoms with E-state index >= 15 is 0 Å². The number of aromatic nitrogens is 2. The van der Waals surface area contributed by atoms with Crippen LogP contribution in [0.4, 0.5) is 5.13 Å². The summed E-state index contributed by atoms with van der Waals surface area (Å²) in [4.78, 5) is 11.9. The average molecular weight is 411 g/mol. The highest BCUT2D eigenvalue weighted by Gasteiger charge is 2.08. The van der Waals surface area contributed by atoms with Gasteiger partial charge in [0.2, 0.25) is 11.0 Å². The summed E-state index contributed by atoms with van der Waals surface area (Å²) in [6.07, 6.45) is 0. The van der Waals surface area contributed by atoms with Gasteiger partial charge >= 0.3 is 0 Å². The van der Waals surface area contributed by atoms with E-state index in [9.17, 15) is 4.79 Å². The van der Waals surface area contributed by atoms with Crippen molar-refractivity contribution in [1.82, 2.24) is 15.5 Å². The molecule has 0 bridgehead atoms. The van der Waals surface area contributed by atoms with Gasteiger partial charge in [0, 0.05) is 6.54 Å². The van der Waals surface area contributed by atoms with Gasteiger partial charge in [-0.3, -0.25) is 4.79 Å². The molecule has 148 valence electrons. The van der Waals surface area contributed by atoms with Crippen LogP contribution in [0.25, 0.3) is 0 Å². The van der Waals surface area contributed by atoms with E-state index in [4.69, 9.17) is 9.47 Å². The molecule has 0 aliphatic heterocycles. The van der Waals surface area contributed by atoms with E-state index < -0.39 is 0 Å². The second kappa shape index (κ2) is 11.7. The molecule has 0 fully saturated rings. The van der Waals surface area contributed by atoms with Gasteiger partial charge in [-0.15, -0.1) is 10.2 Å². The molecule has 1 heterocycles. The molecule has 2 rings (SSSR count). The summed E-state index contributed by atoms with van der Waals surface area (Å²) >= 11 is 2.84. The lowest BCUT2D eigenvalue weighted by Gasteiger charge is -2.08. The van der Waals surface area contributed by atoms with Gasteiger partial charge in [-0.25, -0.2) is 0 Å². The molecule has 9 heteroatoms. The van der Waals surface area contributed by atoms with Crippen molar-refractivity contribution < 1.29 is 14.3 Å². The Balaban J connectivity index is 1.59. The number of hydrogen-bond donors (Lipinski definition) is 2. The fourth-order valence-corrected chi connectivity index (χ4v) is 3.56. The highest BCUT2D eigenvalue weighted by Crippen LogP contribution is 2.25. The minimum absolute atomic E-state index is 0.0535. The van der Waals surface area contributed by atoms with Crippen LogP contribution in [0.5, 0.6) is 11.5 Å². The highest BCUT2D eigenvalue weighted by molar-refractivity contribution is 8.01. The molecule has 0 saturated heterocycles. The number of nitrogens with one attached hydrogen (secondary N) is 2. The molecule has 2 N–H and O–H groups in total. The third kappa shape index (κ3) is 8.49. The molecule has 1 amide bonds. The summed E-state index contributed by atoms with van der Waals surface area (Å²) in [5, 5.41) is 15.0. The molecule has 1 aromatic heterocycles. The van der Waals surface area contributed by atoms with Gasteiger partial charge < -0.3 is 20.1 Å². The number of benzene rings is 1. The molecule has 0 saturated carbocycles. The Morgan fingerprint density at radius 3 is 2.56 bits per heavy atom. The molecule has 0 radical (unpaired) electrons. The molecule has 0 aliphatic carbocycles. The quantitative estimate of drug-likeness (QED) is 0.410. The van der Waals surface area contributed by atoms with E-state index in [1.54, 1.807) is 0 Å². The first kappa shape index (κ1) is 21.3. The van der Waals surface area contributed by atoms with E-state index in [-0.39, 0.29) is 5.91 Å². The summed E-state index contributed by atoms with van der Waals surface area (Å²) in [5.74, 6) is 2.36. The average Bonchev–Trinajstić information content (AvgIpc) is 3.11. The number of ether oxygens (including phenoxy) is 2. The topological polar surface area (TPSA) is 85.4 Å². The van der Waals surface area contributed by atoms with Crippen LogP contribution in [0.1, 0.15) is 20.8 Å². The Morgan fingerprint density at radius 1 is 1.19 bits per heavy atom. The van der Waals surface area contributed by atoms with Crippen molar-refractivity contribution in [2.75, 3.05) is 37.4 Å². The number of hydrogen-bond acceptors (Lipinski definition) is 8. The molecule has 1 aromatic carbocycles. The molecule has 7 nitrogen and oxygen atoms in total. The zero-order chi connectivity index (χ0) is 19.5. The summed E-state index contributed by atoms with van der Waals surface area (Å²) in [5.41, 5.74) is 0. The second-order valence-electron chi connectivity index (χ2n) is 6.04. The van der Waals surface area contributed by atoms with Crippen LogP contribution in [0.3, 0.4) is 0 Å². The van der Waals surface area contributed by atoms with Crippen molar-refractivity contribution in [3.8, 4) is 11.5 Å². The second-order valence-corrected chi connectivity index (χ2v) is 8.24. The predicted octanol–water partition coefficient (Wildman–Crippen LogP) is 3.29.